The molecule has 0 saturated carbocycles. The number of carbonyl (C=O) groups excluding carboxylic acids is 2. The SMILES string of the molecule is CCOc1ccc(C(=O)NC2CCN(C(=O)C(C)Oc3ccc(O)cc3)CC2)cc1. The van der Waals surface area contributed by atoms with Gasteiger partial charge >= 0.3 is 0 Å². The van der Waals surface area contributed by atoms with Gasteiger partial charge in [-0.05, 0) is 75.2 Å². The normalized spacial score (nSPS) is 15.3. The first kappa shape index (κ1) is 21.5. The Kier molecular flexibility index (Phi) is 7.17. The number of benzene rings is 2. The van der Waals surface area contributed by atoms with E-state index in [1.54, 1.807) is 48.2 Å². The molecule has 0 aliphatic carbocycles. The van der Waals surface area contributed by atoms with Crippen molar-refractivity contribution in [2.45, 2.75) is 38.8 Å². The van der Waals surface area contributed by atoms with Gasteiger partial charge < -0.3 is 24.8 Å². The molecule has 0 spiro atoms. The molecule has 7 nitrogen and oxygen atoms in total. The lowest BCUT2D eigenvalue weighted by atomic mass is 10.0. The van der Waals surface area contributed by atoms with E-state index in [9.17, 15) is 14.7 Å². The molecule has 0 bridgehead atoms. The first-order valence-electron chi connectivity index (χ1n) is 10.2. The maximum atomic E-state index is 12.7. The van der Waals surface area contributed by atoms with Crippen molar-refractivity contribution in [2.75, 3.05) is 19.7 Å². The maximum absolute atomic E-state index is 12.7. The molecule has 1 heterocycles. The lowest BCUT2D eigenvalue weighted by Crippen LogP contribution is -2.49. The molecule has 7 heteroatoms. The average molecular weight is 412 g/mol. The molecular weight excluding hydrogens is 384 g/mol. The van der Waals surface area contributed by atoms with Gasteiger partial charge in [0.15, 0.2) is 6.10 Å². The molecule has 2 N–H and O–H groups in total. The van der Waals surface area contributed by atoms with Crippen LogP contribution in [0.1, 0.15) is 37.0 Å². The first-order chi connectivity index (χ1) is 14.5. The van der Waals surface area contributed by atoms with E-state index >= 15 is 0 Å². The molecule has 3 rings (SSSR count). The molecule has 0 radical (unpaired) electrons. The molecule has 30 heavy (non-hydrogen) atoms. The van der Waals surface area contributed by atoms with Gasteiger partial charge in [0.1, 0.15) is 17.2 Å². The van der Waals surface area contributed by atoms with Gasteiger partial charge in [-0.2, -0.15) is 0 Å². The fourth-order valence-corrected chi connectivity index (χ4v) is 3.42. The molecule has 1 unspecified atom stereocenters. The summed E-state index contributed by atoms with van der Waals surface area (Å²) in [4.78, 5) is 26.9. The first-order valence-corrected chi connectivity index (χ1v) is 10.2. The van der Waals surface area contributed by atoms with Gasteiger partial charge in [-0.15, -0.1) is 0 Å². The number of phenolic OH excluding ortho intramolecular Hbond substituents is 1. The van der Waals surface area contributed by atoms with E-state index in [-0.39, 0.29) is 23.6 Å². The van der Waals surface area contributed by atoms with Crippen LogP contribution in [-0.2, 0) is 4.79 Å². The number of aromatic hydroxyl groups is 1. The fourth-order valence-electron chi connectivity index (χ4n) is 3.42. The van der Waals surface area contributed by atoms with Gasteiger partial charge in [-0.3, -0.25) is 9.59 Å². The second kappa shape index (κ2) is 10.0. The third-order valence-electron chi connectivity index (χ3n) is 5.07. The zero-order valence-electron chi connectivity index (χ0n) is 17.3. The highest BCUT2D eigenvalue weighted by atomic mass is 16.5. The Balaban J connectivity index is 1.46. The number of piperidine rings is 1. The summed E-state index contributed by atoms with van der Waals surface area (Å²) < 4.78 is 11.1. The Morgan fingerprint density at radius 2 is 1.67 bits per heavy atom. The van der Waals surface area contributed by atoms with Crippen LogP contribution >= 0.6 is 0 Å². The summed E-state index contributed by atoms with van der Waals surface area (Å²) in [5.41, 5.74) is 0.591. The lowest BCUT2D eigenvalue weighted by molar-refractivity contribution is -0.139. The Morgan fingerprint density at radius 1 is 1.07 bits per heavy atom. The predicted octanol–water partition coefficient (Wildman–Crippen LogP) is 2.98. The smallest absolute Gasteiger partial charge is 0.263 e. The molecule has 1 aliphatic rings. The number of amides is 2. The molecular formula is C23H28N2O5. The summed E-state index contributed by atoms with van der Waals surface area (Å²) in [6.45, 7) is 5.35. The minimum atomic E-state index is -0.621. The highest BCUT2D eigenvalue weighted by Crippen LogP contribution is 2.19. The van der Waals surface area contributed by atoms with E-state index in [1.807, 2.05) is 6.92 Å². The highest BCUT2D eigenvalue weighted by Gasteiger charge is 2.27. The van der Waals surface area contributed by atoms with Crippen LogP contribution in [0.15, 0.2) is 48.5 Å². The second-order valence-corrected chi connectivity index (χ2v) is 7.28. The second-order valence-electron chi connectivity index (χ2n) is 7.28. The van der Waals surface area contributed by atoms with Crippen LogP contribution < -0.4 is 14.8 Å². The van der Waals surface area contributed by atoms with Crippen LogP contribution in [0, 0.1) is 0 Å². The molecule has 2 amide bonds. The minimum Gasteiger partial charge on any atom is -0.508 e. The monoisotopic (exact) mass is 412 g/mol. The van der Waals surface area contributed by atoms with Crippen LogP contribution in [0.4, 0.5) is 0 Å². The molecule has 2 aromatic carbocycles. The average Bonchev–Trinajstić information content (AvgIpc) is 2.76. The Hall–Kier alpha value is -3.22. The van der Waals surface area contributed by atoms with Gasteiger partial charge in [0.25, 0.3) is 11.8 Å². The summed E-state index contributed by atoms with van der Waals surface area (Å²) in [6.07, 6.45) is 0.769. The number of nitrogens with zero attached hydrogens (tertiary/aromatic N) is 1. The van der Waals surface area contributed by atoms with E-state index < -0.39 is 6.10 Å². The third-order valence-corrected chi connectivity index (χ3v) is 5.07. The quantitative estimate of drug-likeness (QED) is 0.730. The van der Waals surface area contributed by atoms with Gasteiger partial charge in [-0.1, -0.05) is 0 Å². The topological polar surface area (TPSA) is 88.1 Å². The highest BCUT2D eigenvalue weighted by molar-refractivity contribution is 5.94. The van der Waals surface area contributed by atoms with Crippen molar-refractivity contribution in [1.29, 1.82) is 0 Å². The third kappa shape index (κ3) is 5.65. The van der Waals surface area contributed by atoms with Gasteiger partial charge in [-0.25, -0.2) is 0 Å². The number of phenols is 1. The molecule has 0 aromatic heterocycles. The van der Waals surface area contributed by atoms with Gasteiger partial charge in [0, 0.05) is 24.7 Å². The number of nitrogens with one attached hydrogen (secondary N) is 1. The van der Waals surface area contributed by atoms with Crippen LogP contribution in [0.5, 0.6) is 17.2 Å². The number of hydrogen-bond donors (Lipinski definition) is 2. The van der Waals surface area contributed by atoms with E-state index in [4.69, 9.17) is 9.47 Å². The number of carbonyl (C=O) groups is 2. The predicted molar refractivity (Wildman–Crippen MR) is 113 cm³/mol. The van der Waals surface area contributed by atoms with Crippen LogP contribution in [-0.4, -0.2) is 53.7 Å². The fraction of sp³-hybridized carbons (Fsp3) is 0.391. The zero-order valence-corrected chi connectivity index (χ0v) is 17.3. The van der Waals surface area contributed by atoms with Crippen molar-refractivity contribution in [2.24, 2.45) is 0 Å². The molecule has 1 fully saturated rings. The van der Waals surface area contributed by atoms with Gasteiger partial charge in [0.05, 0.1) is 6.61 Å². The van der Waals surface area contributed by atoms with Crippen LogP contribution in [0.2, 0.25) is 0 Å². The van der Waals surface area contributed by atoms with Crippen LogP contribution in [0.3, 0.4) is 0 Å². The molecule has 1 atom stereocenters. The zero-order chi connectivity index (χ0) is 21.5. The summed E-state index contributed by atoms with van der Waals surface area (Å²) in [5, 5.41) is 12.4. The standard InChI is InChI=1S/C23H28N2O5/c1-3-29-20-8-4-17(5-9-20)22(27)24-18-12-14-25(15-13-18)23(28)16(2)30-21-10-6-19(26)7-11-21/h4-11,16,18,26H,3,12-15H2,1-2H3,(H,24,27). The molecule has 1 saturated heterocycles. The summed E-state index contributed by atoms with van der Waals surface area (Å²) >= 11 is 0. The van der Waals surface area contributed by atoms with Crippen LogP contribution in [0.25, 0.3) is 0 Å². The Bertz CT molecular complexity index is 843. The molecule has 160 valence electrons. The molecule has 2 aromatic rings. The number of hydrogen-bond acceptors (Lipinski definition) is 5. The van der Waals surface area contributed by atoms with E-state index in [2.05, 4.69) is 5.32 Å². The van der Waals surface area contributed by atoms with Gasteiger partial charge in [0.2, 0.25) is 0 Å². The molecule has 1 aliphatic heterocycles. The Morgan fingerprint density at radius 3 is 2.27 bits per heavy atom. The number of likely N-dealkylation sites (tertiary alicyclic amines) is 1. The van der Waals surface area contributed by atoms with Crippen molar-refractivity contribution in [3.05, 3.63) is 54.1 Å². The number of ether oxygens (including phenoxy) is 2. The maximum Gasteiger partial charge on any atom is 0.263 e. The lowest BCUT2D eigenvalue weighted by Gasteiger charge is -2.33. The van der Waals surface area contributed by atoms with E-state index in [0.717, 1.165) is 5.75 Å². The summed E-state index contributed by atoms with van der Waals surface area (Å²) in [5.74, 6) is 1.22. The summed E-state index contributed by atoms with van der Waals surface area (Å²) in [7, 11) is 0. The van der Waals surface area contributed by atoms with Crippen molar-refractivity contribution in [3.8, 4) is 17.2 Å². The van der Waals surface area contributed by atoms with E-state index in [0.29, 0.717) is 43.9 Å². The van der Waals surface area contributed by atoms with E-state index in [1.165, 1.54) is 12.1 Å². The number of rotatable bonds is 7. The minimum absolute atomic E-state index is 0.0291. The van der Waals surface area contributed by atoms with Crippen molar-refractivity contribution < 1.29 is 24.2 Å². The van der Waals surface area contributed by atoms with Crippen molar-refractivity contribution in [1.82, 2.24) is 10.2 Å². The Labute approximate surface area is 176 Å². The van der Waals surface area contributed by atoms with Crippen molar-refractivity contribution in [3.63, 3.8) is 0 Å². The largest absolute Gasteiger partial charge is 0.508 e. The summed E-state index contributed by atoms with van der Waals surface area (Å²) in [6, 6.07) is 13.4. The van der Waals surface area contributed by atoms with Crippen molar-refractivity contribution >= 4 is 11.8 Å².